The molecular formula is C15H24N2O2. The normalized spacial score (nSPS) is 15.4. The number of methoxy groups -OCH3 is 1. The molecule has 1 aromatic carbocycles. The van der Waals surface area contributed by atoms with Crippen LogP contribution in [-0.4, -0.2) is 19.6 Å². The predicted octanol–water partition coefficient (Wildman–Crippen LogP) is 2.25. The maximum absolute atomic E-state index is 12.3. The minimum Gasteiger partial charge on any atom is -0.496 e. The van der Waals surface area contributed by atoms with Crippen molar-refractivity contribution in [1.82, 2.24) is 5.32 Å². The van der Waals surface area contributed by atoms with E-state index in [9.17, 15) is 4.79 Å². The fraction of sp³-hybridized carbons (Fsp3) is 0.533. The number of benzene rings is 1. The molecule has 4 nitrogen and oxygen atoms in total. The molecular weight excluding hydrogens is 240 g/mol. The van der Waals surface area contributed by atoms with Crippen molar-refractivity contribution in [2.75, 3.05) is 13.7 Å². The maximum atomic E-state index is 12.3. The van der Waals surface area contributed by atoms with Gasteiger partial charge in [0, 0.05) is 12.1 Å². The van der Waals surface area contributed by atoms with E-state index in [4.69, 9.17) is 10.5 Å². The molecule has 4 heteroatoms. The smallest absolute Gasteiger partial charge is 0.227 e. The summed E-state index contributed by atoms with van der Waals surface area (Å²) in [7, 11) is 1.63. The Morgan fingerprint density at radius 3 is 2.63 bits per heavy atom. The highest BCUT2D eigenvalue weighted by Crippen LogP contribution is 2.26. The molecule has 19 heavy (non-hydrogen) atoms. The van der Waals surface area contributed by atoms with Gasteiger partial charge in [-0.15, -0.1) is 0 Å². The topological polar surface area (TPSA) is 64.4 Å². The lowest BCUT2D eigenvalue weighted by Crippen LogP contribution is -2.44. The van der Waals surface area contributed by atoms with Gasteiger partial charge in [-0.1, -0.05) is 25.1 Å². The molecule has 0 radical (unpaired) electrons. The predicted molar refractivity (Wildman–Crippen MR) is 77.0 cm³/mol. The lowest BCUT2D eigenvalue weighted by atomic mass is 9.86. The van der Waals surface area contributed by atoms with Gasteiger partial charge in [-0.25, -0.2) is 0 Å². The molecule has 0 heterocycles. The second-order valence-electron chi connectivity index (χ2n) is 5.06. The molecule has 1 rings (SSSR count). The first-order valence-corrected chi connectivity index (χ1v) is 6.62. The summed E-state index contributed by atoms with van der Waals surface area (Å²) in [6.45, 7) is 6.15. The Morgan fingerprint density at radius 1 is 1.47 bits per heavy atom. The van der Waals surface area contributed by atoms with Crippen LogP contribution in [0.1, 0.15) is 38.8 Å². The third kappa shape index (κ3) is 3.47. The van der Waals surface area contributed by atoms with Crippen LogP contribution in [0.15, 0.2) is 24.3 Å². The average molecular weight is 264 g/mol. The van der Waals surface area contributed by atoms with E-state index in [1.54, 1.807) is 7.11 Å². The van der Waals surface area contributed by atoms with Crippen molar-refractivity contribution in [2.24, 2.45) is 11.1 Å². The number of nitrogens with one attached hydrogen (secondary N) is 1. The van der Waals surface area contributed by atoms with Crippen molar-refractivity contribution >= 4 is 5.91 Å². The highest BCUT2D eigenvalue weighted by atomic mass is 16.5. The summed E-state index contributed by atoms with van der Waals surface area (Å²) in [4.78, 5) is 12.3. The van der Waals surface area contributed by atoms with Crippen LogP contribution in [-0.2, 0) is 4.79 Å². The van der Waals surface area contributed by atoms with E-state index in [2.05, 4.69) is 5.32 Å². The van der Waals surface area contributed by atoms with Gasteiger partial charge >= 0.3 is 0 Å². The quantitative estimate of drug-likeness (QED) is 0.828. The van der Waals surface area contributed by atoms with E-state index in [1.165, 1.54) is 0 Å². The van der Waals surface area contributed by atoms with E-state index in [1.807, 2.05) is 45.0 Å². The Balaban J connectivity index is 2.85. The summed E-state index contributed by atoms with van der Waals surface area (Å²) >= 11 is 0. The molecule has 106 valence electrons. The number of para-hydroxylation sites is 1. The van der Waals surface area contributed by atoms with E-state index in [0.29, 0.717) is 13.0 Å². The summed E-state index contributed by atoms with van der Waals surface area (Å²) in [6, 6.07) is 7.58. The van der Waals surface area contributed by atoms with Crippen LogP contribution in [0.3, 0.4) is 0 Å². The van der Waals surface area contributed by atoms with Crippen molar-refractivity contribution in [3.8, 4) is 5.75 Å². The van der Waals surface area contributed by atoms with Crippen molar-refractivity contribution in [1.29, 1.82) is 0 Å². The summed E-state index contributed by atoms with van der Waals surface area (Å²) in [5, 5.41) is 3.01. The van der Waals surface area contributed by atoms with Gasteiger partial charge in [-0.2, -0.15) is 0 Å². The third-order valence-electron chi connectivity index (χ3n) is 3.73. The molecule has 0 aliphatic heterocycles. The second-order valence-corrected chi connectivity index (χ2v) is 5.06. The average Bonchev–Trinajstić information content (AvgIpc) is 2.45. The molecule has 1 aromatic rings. The summed E-state index contributed by atoms with van der Waals surface area (Å²) in [5.41, 5.74) is 6.15. The minimum atomic E-state index is -0.518. The van der Waals surface area contributed by atoms with Gasteiger partial charge in [-0.05, 0) is 26.3 Å². The van der Waals surface area contributed by atoms with E-state index in [-0.39, 0.29) is 11.9 Å². The molecule has 0 aliphatic rings. The highest BCUT2D eigenvalue weighted by molar-refractivity contribution is 5.82. The first kappa shape index (κ1) is 15.5. The lowest BCUT2D eigenvalue weighted by Gasteiger charge is -2.27. The van der Waals surface area contributed by atoms with Gasteiger partial charge in [0.25, 0.3) is 0 Å². The fourth-order valence-electron chi connectivity index (χ4n) is 1.87. The van der Waals surface area contributed by atoms with E-state index >= 15 is 0 Å². The molecule has 0 aliphatic carbocycles. The van der Waals surface area contributed by atoms with Crippen LogP contribution >= 0.6 is 0 Å². The van der Waals surface area contributed by atoms with Crippen LogP contribution in [0.4, 0.5) is 0 Å². The van der Waals surface area contributed by atoms with E-state index in [0.717, 1.165) is 11.3 Å². The number of rotatable bonds is 6. The van der Waals surface area contributed by atoms with Gasteiger partial charge in [0.05, 0.1) is 18.6 Å². The summed E-state index contributed by atoms with van der Waals surface area (Å²) < 4.78 is 5.31. The Bertz CT molecular complexity index is 428. The number of amides is 1. The van der Waals surface area contributed by atoms with Crippen LogP contribution in [0.25, 0.3) is 0 Å². The SMILES string of the molecule is CCC(C)(CN)C(=O)N[C@H](C)c1ccccc1OC. The molecule has 3 N–H and O–H groups in total. The minimum absolute atomic E-state index is 0.0177. The molecule has 0 saturated carbocycles. The van der Waals surface area contributed by atoms with Gasteiger partial charge < -0.3 is 15.8 Å². The summed E-state index contributed by atoms with van der Waals surface area (Å²) in [5.74, 6) is 0.761. The molecule has 0 bridgehead atoms. The van der Waals surface area contributed by atoms with Crippen molar-refractivity contribution in [2.45, 2.75) is 33.2 Å². The summed E-state index contributed by atoms with van der Waals surface area (Å²) in [6.07, 6.45) is 0.716. The molecule has 0 saturated heterocycles. The van der Waals surface area contributed by atoms with Gasteiger partial charge in [0.2, 0.25) is 5.91 Å². The Labute approximate surface area is 115 Å². The number of nitrogens with two attached hydrogens (primary N) is 1. The van der Waals surface area contributed by atoms with Crippen molar-refractivity contribution in [3.63, 3.8) is 0 Å². The van der Waals surface area contributed by atoms with Gasteiger partial charge in [0.15, 0.2) is 0 Å². The van der Waals surface area contributed by atoms with Crippen molar-refractivity contribution in [3.05, 3.63) is 29.8 Å². The highest BCUT2D eigenvalue weighted by Gasteiger charge is 2.30. The molecule has 2 atom stereocenters. The third-order valence-corrected chi connectivity index (χ3v) is 3.73. The zero-order valence-corrected chi connectivity index (χ0v) is 12.2. The largest absolute Gasteiger partial charge is 0.496 e. The van der Waals surface area contributed by atoms with Crippen LogP contribution < -0.4 is 15.8 Å². The zero-order valence-electron chi connectivity index (χ0n) is 12.2. The van der Waals surface area contributed by atoms with Gasteiger partial charge in [0.1, 0.15) is 5.75 Å². The Morgan fingerprint density at radius 2 is 2.11 bits per heavy atom. The second kappa shape index (κ2) is 6.57. The standard InChI is InChI=1S/C15H24N2O2/c1-5-15(3,10-16)14(18)17-11(2)12-8-6-7-9-13(12)19-4/h6-9,11H,5,10,16H2,1-4H3,(H,17,18)/t11-,15?/m1/s1. The van der Waals surface area contributed by atoms with E-state index < -0.39 is 5.41 Å². The number of hydrogen-bond acceptors (Lipinski definition) is 3. The molecule has 0 spiro atoms. The van der Waals surface area contributed by atoms with Crippen LogP contribution in [0, 0.1) is 5.41 Å². The van der Waals surface area contributed by atoms with Crippen LogP contribution in [0.2, 0.25) is 0 Å². The number of carbonyl (C=O) groups excluding carboxylic acids is 1. The molecule has 0 fully saturated rings. The van der Waals surface area contributed by atoms with Gasteiger partial charge in [-0.3, -0.25) is 4.79 Å². The number of hydrogen-bond donors (Lipinski definition) is 2. The Hall–Kier alpha value is -1.55. The lowest BCUT2D eigenvalue weighted by molar-refractivity contribution is -0.130. The van der Waals surface area contributed by atoms with Crippen LogP contribution in [0.5, 0.6) is 5.75 Å². The first-order chi connectivity index (χ1) is 8.98. The molecule has 1 unspecified atom stereocenters. The fourth-order valence-corrected chi connectivity index (χ4v) is 1.87. The first-order valence-electron chi connectivity index (χ1n) is 6.62. The van der Waals surface area contributed by atoms with Crippen molar-refractivity contribution < 1.29 is 9.53 Å². The Kier molecular flexibility index (Phi) is 5.36. The molecule has 1 amide bonds. The zero-order chi connectivity index (χ0) is 14.5. The maximum Gasteiger partial charge on any atom is 0.227 e. The molecule has 0 aromatic heterocycles. The number of ether oxygens (including phenoxy) is 1. The number of carbonyl (C=O) groups is 1. The monoisotopic (exact) mass is 264 g/mol.